The van der Waals surface area contributed by atoms with Gasteiger partial charge >= 0.3 is 0 Å². The monoisotopic (exact) mass is 332 g/mol. The van der Waals surface area contributed by atoms with Crippen LogP contribution in [0.4, 0.5) is 0 Å². The lowest BCUT2D eigenvalue weighted by Crippen LogP contribution is -2.36. The van der Waals surface area contributed by atoms with E-state index in [1.54, 1.807) is 0 Å². The Balaban J connectivity index is 2.95. The minimum absolute atomic E-state index is 0.239. The maximum atomic E-state index is 6.16. The molecule has 1 aromatic carbocycles. The summed E-state index contributed by atoms with van der Waals surface area (Å²) in [6.45, 7) is 9.28. The van der Waals surface area contributed by atoms with Gasteiger partial charge in [0, 0.05) is 23.6 Å². The molecule has 0 aliphatic carbocycles. The summed E-state index contributed by atoms with van der Waals surface area (Å²) in [5.41, 5.74) is 7.14. The van der Waals surface area contributed by atoms with Gasteiger partial charge in [-0.2, -0.15) is 0 Å². The Kier molecular flexibility index (Phi) is 6.64. The van der Waals surface area contributed by atoms with Crippen LogP contribution in [0.15, 0.2) is 22.7 Å². The Bertz CT molecular complexity index is 382. The van der Waals surface area contributed by atoms with E-state index in [-0.39, 0.29) is 6.04 Å². The summed E-state index contributed by atoms with van der Waals surface area (Å²) in [4.78, 5) is 2.41. The zero-order valence-electron chi connectivity index (χ0n) is 11.3. The molecule has 0 saturated carbocycles. The SMILES string of the molecule is CCN(CC(C)C)C(CN)c1ccc(Br)c(Cl)c1. The van der Waals surface area contributed by atoms with E-state index in [4.69, 9.17) is 17.3 Å². The predicted molar refractivity (Wildman–Crippen MR) is 83.0 cm³/mol. The van der Waals surface area contributed by atoms with E-state index in [9.17, 15) is 0 Å². The van der Waals surface area contributed by atoms with Crippen LogP contribution in [0.2, 0.25) is 5.02 Å². The lowest BCUT2D eigenvalue weighted by Gasteiger charge is -2.31. The van der Waals surface area contributed by atoms with Crippen molar-refractivity contribution in [2.45, 2.75) is 26.8 Å². The fourth-order valence-corrected chi connectivity index (χ4v) is 2.60. The second-order valence-corrected chi connectivity index (χ2v) is 6.17. The van der Waals surface area contributed by atoms with Crippen molar-refractivity contribution in [1.29, 1.82) is 0 Å². The Morgan fingerprint density at radius 2 is 2.06 bits per heavy atom. The smallest absolute Gasteiger partial charge is 0.0551 e. The highest BCUT2D eigenvalue weighted by Gasteiger charge is 2.19. The Labute approximate surface area is 124 Å². The average Bonchev–Trinajstić information content (AvgIpc) is 2.32. The van der Waals surface area contributed by atoms with Gasteiger partial charge in [-0.1, -0.05) is 38.4 Å². The van der Waals surface area contributed by atoms with E-state index >= 15 is 0 Å². The lowest BCUT2D eigenvalue weighted by atomic mass is 10.0. The second-order valence-electron chi connectivity index (χ2n) is 4.91. The molecule has 0 amide bonds. The van der Waals surface area contributed by atoms with E-state index in [0.29, 0.717) is 12.5 Å². The molecule has 0 radical (unpaired) electrons. The lowest BCUT2D eigenvalue weighted by molar-refractivity contribution is 0.189. The highest BCUT2D eigenvalue weighted by molar-refractivity contribution is 9.10. The number of hydrogen-bond acceptors (Lipinski definition) is 2. The van der Waals surface area contributed by atoms with E-state index in [0.717, 1.165) is 22.6 Å². The summed E-state index contributed by atoms with van der Waals surface area (Å²) < 4.78 is 0.926. The van der Waals surface area contributed by atoms with E-state index in [1.807, 2.05) is 12.1 Å². The molecule has 102 valence electrons. The molecule has 4 heteroatoms. The fourth-order valence-electron chi connectivity index (χ4n) is 2.16. The van der Waals surface area contributed by atoms with Crippen LogP contribution in [-0.2, 0) is 0 Å². The summed E-state index contributed by atoms with van der Waals surface area (Å²) in [5, 5.41) is 0.742. The molecule has 1 aromatic rings. The minimum Gasteiger partial charge on any atom is -0.329 e. The molecule has 1 rings (SSSR count). The topological polar surface area (TPSA) is 29.3 Å². The molecular formula is C14H22BrClN2. The van der Waals surface area contributed by atoms with Gasteiger partial charge in [0.2, 0.25) is 0 Å². The molecule has 0 aromatic heterocycles. The molecule has 0 aliphatic heterocycles. The van der Waals surface area contributed by atoms with Gasteiger partial charge in [0.1, 0.15) is 0 Å². The summed E-state index contributed by atoms with van der Waals surface area (Å²) in [6, 6.07) is 6.33. The molecule has 1 atom stereocenters. The first-order chi connectivity index (χ1) is 8.49. The van der Waals surface area contributed by atoms with Gasteiger partial charge in [-0.05, 0) is 46.1 Å². The maximum Gasteiger partial charge on any atom is 0.0551 e. The highest BCUT2D eigenvalue weighted by Crippen LogP contribution is 2.28. The van der Waals surface area contributed by atoms with Crippen molar-refractivity contribution in [1.82, 2.24) is 4.90 Å². The number of rotatable bonds is 6. The minimum atomic E-state index is 0.239. The van der Waals surface area contributed by atoms with Crippen LogP contribution in [0.5, 0.6) is 0 Å². The van der Waals surface area contributed by atoms with Crippen LogP contribution in [0.3, 0.4) is 0 Å². The number of benzene rings is 1. The van der Waals surface area contributed by atoms with Crippen molar-refractivity contribution < 1.29 is 0 Å². The quantitative estimate of drug-likeness (QED) is 0.850. The first-order valence-corrected chi connectivity index (χ1v) is 7.55. The fraction of sp³-hybridized carbons (Fsp3) is 0.571. The van der Waals surface area contributed by atoms with Crippen LogP contribution in [-0.4, -0.2) is 24.5 Å². The maximum absolute atomic E-state index is 6.16. The Morgan fingerprint density at radius 3 is 2.50 bits per heavy atom. The predicted octanol–water partition coefficient (Wildman–Crippen LogP) is 4.08. The van der Waals surface area contributed by atoms with Crippen molar-refractivity contribution in [3.05, 3.63) is 33.3 Å². The average molecular weight is 334 g/mol. The van der Waals surface area contributed by atoms with Crippen molar-refractivity contribution in [3.8, 4) is 0 Å². The zero-order valence-corrected chi connectivity index (χ0v) is 13.6. The summed E-state index contributed by atoms with van der Waals surface area (Å²) in [5.74, 6) is 0.630. The first-order valence-electron chi connectivity index (χ1n) is 6.38. The van der Waals surface area contributed by atoms with Crippen LogP contribution in [0.1, 0.15) is 32.4 Å². The van der Waals surface area contributed by atoms with Gasteiger partial charge in [0.05, 0.1) is 5.02 Å². The van der Waals surface area contributed by atoms with E-state index < -0.39 is 0 Å². The zero-order chi connectivity index (χ0) is 13.7. The van der Waals surface area contributed by atoms with Crippen LogP contribution in [0, 0.1) is 5.92 Å². The standard InChI is InChI=1S/C14H22BrClN2/c1-4-18(9-10(2)3)14(8-17)11-5-6-12(15)13(16)7-11/h5-7,10,14H,4,8-9,17H2,1-3H3. The van der Waals surface area contributed by atoms with Crippen LogP contribution < -0.4 is 5.73 Å². The van der Waals surface area contributed by atoms with Crippen molar-refractivity contribution in [2.75, 3.05) is 19.6 Å². The molecule has 0 spiro atoms. The normalized spacial score (nSPS) is 13.3. The van der Waals surface area contributed by atoms with Crippen LogP contribution in [0.25, 0.3) is 0 Å². The molecular weight excluding hydrogens is 312 g/mol. The third-order valence-electron chi connectivity index (χ3n) is 3.00. The summed E-state index contributed by atoms with van der Waals surface area (Å²) in [6.07, 6.45) is 0. The van der Waals surface area contributed by atoms with Gasteiger partial charge in [0.25, 0.3) is 0 Å². The van der Waals surface area contributed by atoms with Crippen molar-refractivity contribution >= 4 is 27.5 Å². The molecule has 0 saturated heterocycles. The molecule has 0 fully saturated rings. The number of likely N-dealkylation sites (N-methyl/N-ethyl adjacent to an activating group) is 1. The molecule has 2 nitrogen and oxygen atoms in total. The number of nitrogens with two attached hydrogens (primary N) is 1. The number of hydrogen-bond donors (Lipinski definition) is 1. The van der Waals surface area contributed by atoms with Crippen molar-refractivity contribution in [2.24, 2.45) is 11.7 Å². The van der Waals surface area contributed by atoms with E-state index in [2.05, 4.69) is 47.7 Å². The number of halogens is 2. The first kappa shape index (κ1) is 16.0. The third kappa shape index (κ3) is 4.23. The van der Waals surface area contributed by atoms with Gasteiger partial charge in [0.15, 0.2) is 0 Å². The highest BCUT2D eigenvalue weighted by atomic mass is 79.9. The second kappa shape index (κ2) is 7.49. The largest absolute Gasteiger partial charge is 0.329 e. The third-order valence-corrected chi connectivity index (χ3v) is 4.23. The molecule has 0 aliphatic rings. The number of nitrogens with zero attached hydrogens (tertiary/aromatic N) is 1. The van der Waals surface area contributed by atoms with Gasteiger partial charge in [-0.25, -0.2) is 0 Å². The molecule has 2 N–H and O–H groups in total. The summed E-state index contributed by atoms with van der Waals surface area (Å²) >= 11 is 9.58. The summed E-state index contributed by atoms with van der Waals surface area (Å²) in [7, 11) is 0. The van der Waals surface area contributed by atoms with E-state index in [1.165, 1.54) is 5.56 Å². The molecule has 0 heterocycles. The molecule has 18 heavy (non-hydrogen) atoms. The van der Waals surface area contributed by atoms with Gasteiger partial charge < -0.3 is 5.73 Å². The Morgan fingerprint density at radius 1 is 1.39 bits per heavy atom. The molecule has 0 bridgehead atoms. The van der Waals surface area contributed by atoms with Gasteiger partial charge in [-0.3, -0.25) is 4.90 Å². The van der Waals surface area contributed by atoms with Gasteiger partial charge in [-0.15, -0.1) is 0 Å². The van der Waals surface area contributed by atoms with Crippen LogP contribution >= 0.6 is 27.5 Å². The molecule has 1 unspecified atom stereocenters. The van der Waals surface area contributed by atoms with Crippen molar-refractivity contribution in [3.63, 3.8) is 0 Å². The Hall–Kier alpha value is -0.0900.